The molecule has 7 atom stereocenters. The van der Waals surface area contributed by atoms with Gasteiger partial charge in [-0.25, -0.2) is 4.79 Å². The van der Waals surface area contributed by atoms with Crippen molar-refractivity contribution >= 4 is 11.8 Å². The van der Waals surface area contributed by atoms with Gasteiger partial charge in [0.25, 0.3) is 0 Å². The van der Waals surface area contributed by atoms with Crippen LogP contribution in [0.25, 0.3) is 0 Å². The summed E-state index contributed by atoms with van der Waals surface area (Å²) < 4.78 is 0. The lowest BCUT2D eigenvalue weighted by Crippen LogP contribution is -2.51. The molecule has 0 radical (unpaired) electrons. The Balaban J connectivity index is 1.43. The number of nitrogens with zero attached hydrogens (tertiary/aromatic N) is 3. The molecule has 0 unspecified atom stereocenters. The monoisotopic (exact) mass is 459 g/mol. The van der Waals surface area contributed by atoms with Gasteiger partial charge in [0, 0.05) is 5.92 Å². The molecule has 3 aliphatic carbocycles. The molecule has 1 heterocycles. The Labute approximate surface area is 197 Å². The number of rotatable bonds is 8. The molecule has 0 bridgehead atoms. The van der Waals surface area contributed by atoms with Crippen LogP contribution in [0.2, 0.25) is 0 Å². The van der Waals surface area contributed by atoms with Gasteiger partial charge >= 0.3 is 5.97 Å². The van der Waals surface area contributed by atoms with Crippen molar-refractivity contribution in [2.45, 2.75) is 104 Å². The molecule has 0 aromatic carbocycles. The molecule has 0 aliphatic heterocycles. The van der Waals surface area contributed by atoms with Crippen LogP contribution in [0, 0.1) is 35.0 Å². The van der Waals surface area contributed by atoms with E-state index < -0.39 is 11.6 Å². The topological polar surface area (TPSA) is 105 Å². The predicted molar refractivity (Wildman–Crippen MR) is 125 cm³/mol. The van der Waals surface area contributed by atoms with Crippen LogP contribution in [0.15, 0.2) is 6.20 Å². The number of carbonyl (C=O) groups excluding carboxylic acids is 1. The molecule has 7 nitrogen and oxygen atoms in total. The molecular weight excluding hydrogens is 418 g/mol. The van der Waals surface area contributed by atoms with E-state index in [1.165, 1.54) is 43.1 Å². The van der Waals surface area contributed by atoms with Crippen molar-refractivity contribution in [3.63, 3.8) is 0 Å². The maximum atomic E-state index is 13.0. The Bertz CT molecular complexity index is 865. The second-order valence-electron chi connectivity index (χ2n) is 11.7. The van der Waals surface area contributed by atoms with Gasteiger partial charge in [0.05, 0.1) is 11.8 Å². The highest BCUT2D eigenvalue weighted by atomic mass is 16.4. The van der Waals surface area contributed by atoms with Crippen LogP contribution < -0.4 is 0 Å². The van der Waals surface area contributed by atoms with E-state index in [1.54, 1.807) is 0 Å². The predicted octanol–water partition coefficient (Wildman–Crippen LogP) is 4.74. The number of fused-ring (bicyclic) bond motifs is 1. The third-order valence-corrected chi connectivity index (χ3v) is 9.49. The summed E-state index contributed by atoms with van der Waals surface area (Å²) in [5.74, 6) is 1.56. The lowest BCUT2D eigenvalue weighted by molar-refractivity contribution is -0.125. The fraction of sp³-hybridized carbons (Fsp3) is 0.846. The van der Waals surface area contributed by atoms with Crippen molar-refractivity contribution in [2.75, 3.05) is 0 Å². The number of carboxylic acid groups (broad SMARTS) is 1. The Hall–Kier alpha value is -1.76. The van der Waals surface area contributed by atoms with Gasteiger partial charge < -0.3 is 10.2 Å². The summed E-state index contributed by atoms with van der Waals surface area (Å²) in [7, 11) is 0. The number of carboxylic acids is 1. The number of aromatic carboxylic acids is 1. The number of unbranched alkanes of at least 4 members (excludes halogenated alkanes) is 1. The third-order valence-electron chi connectivity index (χ3n) is 9.49. The summed E-state index contributed by atoms with van der Waals surface area (Å²) >= 11 is 0. The molecule has 4 rings (SSSR count). The molecule has 0 amide bonds. The average Bonchev–Trinajstić information content (AvgIpc) is 3.42. The van der Waals surface area contributed by atoms with E-state index in [9.17, 15) is 14.7 Å². The van der Waals surface area contributed by atoms with Gasteiger partial charge in [-0.15, -0.1) is 5.10 Å². The molecule has 7 heteroatoms. The Morgan fingerprint density at radius 3 is 2.67 bits per heavy atom. The van der Waals surface area contributed by atoms with Gasteiger partial charge in [0.15, 0.2) is 11.5 Å². The van der Waals surface area contributed by atoms with Crippen molar-refractivity contribution < 1.29 is 19.8 Å². The second kappa shape index (κ2) is 9.47. The number of hydrogen-bond acceptors (Lipinski definition) is 5. The van der Waals surface area contributed by atoms with E-state index in [4.69, 9.17) is 5.11 Å². The van der Waals surface area contributed by atoms with Crippen molar-refractivity contribution in [2.24, 2.45) is 35.0 Å². The van der Waals surface area contributed by atoms with Crippen LogP contribution in [-0.4, -0.2) is 42.6 Å². The quantitative estimate of drug-likeness (QED) is 0.582. The number of Topliss-reactive ketones (excluding diaryl/α,β-unsaturated/α-hetero) is 1. The second-order valence-corrected chi connectivity index (χ2v) is 11.7. The van der Waals surface area contributed by atoms with Crippen LogP contribution in [0.1, 0.15) is 102 Å². The number of hydrogen-bond donors (Lipinski definition) is 2. The molecule has 0 spiro atoms. The number of ketones is 1. The van der Waals surface area contributed by atoms with Gasteiger partial charge in [0.1, 0.15) is 6.54 Å². The fourth-order valence-electron chi connectivity index (χ4n) is 7.58. The van der Waals surface area contributed by atoms with Crippen LogP contribution >= 0.6 is 0 Å². The summed E-state index contributed by atoms with van der Waals surface area (Å²) in [5, 5.41) is 27.6. The largest absolute Gasteiger partial charge is 0.476 e. The SMILES string of the molecule is CCCC[C@H]1[C@H]([C@@H]2CC[C@H](C(=O)Cn3ncc(C(=O)O)n3)C2)CC[C@@H]2C[C@](C)(O)CC[C@@]21C. The van der Waals surface area contributed by atoms with E-state index >= 15 is 0 Å². The first-order valence-electron chi connectivity index (χ1n) is 13.0. The summed E-state index contributed by atoms with van der Waals surface area (Å²) in [6, 6.07) is 0. The lowest BCUT2D eigenvalue weighted by Gasteiger charge is -2.58. The van der Waals surface area contributed by atoms with E-state index in [0.29, 0.717) is 29.1 Å². The van der Waals surface area contributed by atoms with Gasteiger partial charge in [-0.1, -0.05) is 26.7 Å². The molecule has 2 N–H and O–H groups in total. The van der Waals surface area contributed by atoms with Gasteiger partial charge in [0.2, 0.25) is 0 Å². The van der Waals surface area contributed by atoms with E-state index in [-0.39, 0.29) is 23.9 Å². The fourth-order valence-corrected chi connectivity index (χ4v) is 7.58. The van der Waals surface area contributed by atoms with Gasteiger partial charge in [-0.2, -0.15) is 9.90 Å². The van der Waals surface area contributed by atoms with Crippen LogP contribution in [0.5, 0.6) is 0 Å². The first-order chi connectivity index (χ1) is 15.6. The van der Waals surface area contributed by atoms with E-state index in [1.807, 2.05) is 6.92 Å². The zero-order chi connectivity index (χ0) is 23.8. The van der Waals surface area contributed by atoms with E-state index in [0.717, 1.165) is 38.5 Å². The standard InChI is InChI=1S/C26H41N3O4/c1-4-5-6-21-20(10-9-19-14-25(2,33)11-12-26(19,21)3)17-7-8-18(13-17)23(30)16-29-27-15-22(28-29)24(31)32/h15,17-21,33H,4-14,16H2,1-3H3,(H,31,32)/t17-,18+,19-,20+,21+,25-,26+/m1/s1. The minimum Gasteiger partial charge on any atom is -0.476 e. The summed E-state index contributed by atoms with van der Waals surface area (Å²) in [6.45, 7) is 6.84. The molecule has 0 saturated heterocycles. The number of aromatic nitrogens is 3. The molecule has 3 aliphatic rings. The minimum absolute atomic E-state index is 0.0266. The zero-order valence-corrected chi connectivity index (χ0v) is 20.5. The number of aliphatic hydroxyl groups is 1. The normalized spacial score (nSPS) is 38.7. The maximum Gasteiger partial charge on any atom is 0.358 e. The summed E-state index contributed by atoms with van der Waals surface area (Å²) in [4.78, 5) is 25.2. The molecule has 3 fully saturated rings. The molecule has 3 saturated carbocycles. The molecular formula is C26H41N3O4. The lowest BCUT2D eigenvalue weighted by atomic mass is 9.48. The van der Waals surface area contributed by atoms with Gasteiger partial charge in [-0.3, -0.25) is 4.79 Å². The molecule has 33 heavy (non-hydrogen) atoms. The Morgan fingerprint density at radius 1 is 1.18 bits per heavy atom. The maximum absolute atomic E-state index is 13.0. The Morgan fingerprint density at radius 2 is 1.97 bits per heavy atom. The summed E-state index contributed by atoms with van der Waals surface area (Å²) in [5.41, 5.74) is -0.338. The highest BCUT2D eigenvalue weighted by Crippen LogP contribution is 2.61. The molecule has 184 valence electrons. The zero-order valence-electron chi connectivity index (χ0n) is 20.5. The third kappa shape index (κ3) is 5.03. The molecule has 1 aromatic rings. The number of carbonyl (C=O) groups is 2. The first kappa shape index (κ1) is 24.4. The highest BCUT2D eigenvalue weighted by molar-refractivity contribution is 5.85. The summed E-state index contributed by atoms with van der Waals surface area (Å²) in [6.07, 6.45) is 13.3. The smallest absolute Gasteiger partial charge is 0.358 e. The van der Waals surface area contributed by atoms with Crippen molar-refractivity contribution in [3.8, 4) is 0 Å². The average molecular weight is 460 g/mol. The highest BCUT2D eigenvalue weighted by Gasteiger charge is 2.54. The van der Waals surface area contributed by atoms with Crippen molar-refractivity contribution in [3.05, 3.63) is 11.9 Å². The molecule has 1 aromatic heterocycles. The van der Waals surface area contributed by atoms with Crippen LogP contribution in [0.4, 0.5) is 0 Å². The van der Waals surface area contributed by atoms with Crippen molar-refractivity contribution in [1.82, 2.24) is 15.0 Å². The van der Waals surface area contributed by atoms with Crippen LogP contribution in [-0.2, 0) is 11.3 Å². The van der Waals surface area contributed by atoms with Crippen LogP contribution in [0.3, 0.4) is 0 Å². The van der Waals surface area contributed by atoms with Crippen molar-refractivity contribution in [1.29, 1.82) is 0 Å². The van der Waals surface area contributed by atoms with E-state index in [2.05, 4.69) is 24.0 Å². The Kier molecular flexibility index (Phi) is 7.00. The first-order valence-corrected chi connectivity index (χ1v) is 13.0. The van der Waals surface area contributed by atoms with Gasteiger partial charge in [-0.05, 0) is 93.8 Å². The minimum atomic E-state index is -1.12.